The van der Waals surface area contributed by atoms with Crippen molar-refractivity contribution in [2.45, 2.75) is 6.92 Å². The van der Waals surface area contributed by atoms with Crippen LogP contribution in [0.15, 0.2) is 24.3 Å². The third kappa shape index (κ3) is 3.54. The molecule has 1 N–H and O–H groups in total. The van der Waals surface area contributed by atoms with E-state index in [9.17, 15) is 13.2 Å². The second kappa shape index (κ2) is 6.03. The van der Waals surface area contributed by atoms with Crippen LogP contribution in [-0.2, 0) is 14.8 Å². The molecule has 1 atom stereocenters. The zero-order valence-corrected chi connectivity index (χ0v) is 13.4. The number of para-hydroxylation sites is 2. The lowest BCUT2D eigenvalue weighted by molar-refractivity contribution is -0.116. The fraction of sp³-hybridized carbons (Fsp3) is 0.500. The number of fused-ring (bicyclic) bond motifs is 1. The molecule has 0 aromatic heterocycles. The van der Waals surface area contributed by atoms with Crippen LogP contribution in [0.5, 0.6) is 0 Å². The molecule has 1 aliphatic rings. The summed E-state index contributed by atoms with van der Waals surface area (Å²) in [5, 5.41) is 0. The third-order valence-electron chi connectivity index (χ3n) is 3.59. The van der Waals surface area contributed by atoms with Gasteiger partial charge in [-0.25, -0.2) is 13.1 Å². The van der Waals surface area contributed by atoms with Gasteiger partial charge < -0.3 is 9.80 Å². The van der Waals surface area contributed by atoms with Crippen molar-refractivity contribution in [3.63, 3.8) is 0 Å². The van der Waals surface area contributed by atoms with Crippen LogP contribution in [0.1, 0.15) is 6.92 Å². The number of hydrogen-bond acceptors (Lipinski definition) is 4. The first-order chi connectivity index (χ1) is 9.84. The van der Waals surface area contributed by atoms with Gasteiger partial charge in [-0.1, -0.05) is 19.1 Å². The predicted molar refractivity (Wildman–Crippen MR) is 84.1 cm³/mol. The van der Waals surface area contributed by atoms with Crippen molar-refractivity contribution in [3.8, 4) is 0 Å². The second-order valence-corrected chi connectivity index (χ2v) is 7.37. The number of nitrogens with one attached hydrogen (secondary N) is 1. The fourth-order valence-electron chi connectivity index (χ4n) is 2.60. The molecule has 1 aromatic rings. The van der Waals surface area contributed by atoms with Crippen LogP contribution in [0.25, 0.3) is 0 Å². The number of anilines is 2. The topological polar surface area (TPSA) is 69.7 Å². The van der Waals surface area contributed by atoms with Gasteiger partial charge in [0, 0.05) is 20.1 Å². The predicted octanol–water partition coefficient (Wildman–Crippen LogP) is 0.655. The van der Waals surface area contributed by atoms with Gasteiger partial charge in [-0.2, -0.15) is 0 Å². The molecule has 0 radical (unpaired) electrons. The Morgan fingerprint density at radius 1 is 1.29 bits per heavy atom. The molecule has 21 heavy (non-hydrogen) atoms. The summed E-state index contributed by atoms with van der Waals surface area (Å²) in [6.07, 6.45) is 0. The van der Waals surface area contributed by atoms with E-state index >= 15 is 0 Å². The van der Waals surface area contributed by atoms with Crippen LogP contribution < -0.4 is 14.5 Å². The molecule has 0 saturated heterocycles. The molecule has 0 bridgehead atoms. The van der Waals surface area contributed by atoms with Crippen molar-refractivity contribution < 1.29 is 13.2 Å². The highest BCUT2D eigenvalue weighted by molar-refractivity contribution is 7.90. The average Bonchev–Trinajstić information content (AvgIpc) is 2.56. The smallest absolute Gasteiger partial charge is 0.243 e. The molecule has 116 valence electrons. The first kappa shape index (κ1) is 15.8. The van der Waals surface area contributed by atoms with Gasteiger partial charge >= 0.3 is 0 Å². The highest BCUT2D eigenvalue weighted by Gasteiger charge is 2.28. The Labute approximate surface area is 125 Å². The molecule has 0 spiro atoms. The number of hydrogen-bond donors (Lipinski definition) is 1. The quantitative estimate of drug-likeness (QED) is 0.890. The Balaban J connectivity index is 2.37. The minimum Gasteiger partial charge on any atom is -0.373 e. The van der Waals surface area contributed by atoms with Crippen molar-refractivity contribution >= 4 is 27.3 Å². The van der Waals surface area contributed by atoms with E-state index in [0.717, 1.165) is 17.9 Å². The van der Waals surface area contributed by atoms with E-state index < -0.39 is 21.7 Å². The number of rotatable bonds is 3. The van der Waals surface area contributed by atoms with Crippen molar-refractivity contribution in [1.29, 1.82) is 0 Å². The number of sulfonamides is 1. The molecule has 0 aliphatic carbocycles. The molecule has 1 aliphatic heterocycles. The van der Waals surface area contributed by atoms with E-state index in [-0.39, 0.29) is 5.92 Å². The van der Waals surface area contributed by atoms with Gasteiger partial charge in [0.1, 0.15) is 5.75 Å². The minimum absolute atomic E-state index is 0.253. The molecule has 0 saturated carbocycles. The van der Waals surface area contributed by atoms with Crippen LogP contribution >= 0.6 is 0 Å². The largest absolute Gasteiger partial charge is 0.373 e. The van der Waals surface area contributed by atoms with Gasteiger partial charge in [0.15, 0.2) is 0 Å². The number of nitrogens with zero attached hydrogens (tertiary/aromatic N) is 2. The number of carbonyl (C=O) groups excluding carboxylic acids is 1. The van der Waals surface area contributed by atoms with Crippen molar-refractivity contribution in [3.05, 3.63) is 24.3 Å². The summed E-state index contributed by atoms with van der Waals surface area (Å²) in [5.41, 5.74) is 1.71. The maximum Gasteiger partial charge on any atom is 0.243 e. The Morgan fingerprint density at radius 3 is 2.52 bits per heavy atom. The van der Waals surface area contributed by atoms with Gasteiger partial charge in [0.25, 0.3) is 0 Å². The maximum atomic E-state index is 12.4. The van der Waals surface area contributed by atoms with Crippen molar-refractivity contribution in [2.24, 2.45) is 5.92 Å². The van der Waals surface area contributed by atoms with E-state index in [1.807, 2.05) is 31.3 Å². The second-order valence-electron chi connectivity index (χ2n) is 5.44. The summed E-state index contributed by atoms with van der Waals surface area (Å²) >= 11 is 0. The van der Waals surface area contributed by atoms with E-state index in [2.05, 4.69) is 16.5 Å². The molecule has 1 heterocycles. The Hall–Kier alpha value is -1.60. The number of amides is 1. The molecule has 7 heteroatoms. The standard InChI is InChI=1S/C14H21N3O3S/c1-11-8-16(3)12-6-4-5-7-13(12)17(9-11)14(18)10-21(19,20)15-2/h4-7,11,15H,8-10H2,1-3H3. The van der Waals surface area contributed by atoms with Crippen molar-refractivity contribution in [1.82, 2.24) is 4.72 Å². The highest BCUT2D eigenvalue weighted by atomic mass is 32.2. The fourth-order valence-corrected chi connectivity index (χ4v) is 3.22. The van der Waals surface area contributed by atoms with E-state index in [1.54, 1.807) is 4.90 Å². The summed E-state index contributed by atoms with van der Waals surface area (Å²) in [7, 11) is -0.274. The molecular weight excluding hydrogens is 290 g/mol. The first-order valence-corrected chi connectivity index (χ1v) is 8.51. The number of carbonyl (C=O) groups is 1. The highest BCUT2D eigenvalue weighted by Crippen LogP contribution is 2.32. The molecule has 1 amide bonds. The molecule has 0 fully saturated rings. The normalized spacial score (nSPS) is 19.1. The van der Waals surface area contributed by atoms with Crippen molar-refractivity contribution in [2.75, 3.05) is 42.7 Å². The summed E-state index contributed by atoms with van der Waals surface area (Å²) in [4.78, 5) is 16.1. The Kier molecular flexibility index (Phi) is 4.53. The lowest BCUT2D eigenvalue weighted by atomic mass is 10.1. The van der Waals surface area contributed by atoms with Gasteiger partial charge in [-0.05, 0) is 25.1 Å². The minimum atomic E-state index is -3.57. The van der Waals surface area contributed by atoms with Gasteiger partial charge in [0.05, 0.1) is 11.4 Å². The maximum absolute atomic E-state index is 12.4. The SMILES string of the molecule is CNS(=O)(=O)CC(=O)N1CC(C)CN(C)c2ccccc21. The van der Waals surface area contributed by atoms with E-state index in [1.165, 1.54) is 7.05 Å². The Bertz CT molecular complexity index is 630. The van der Waals surface area contributed by atoms with Gasteiger partial charge in [0.2, 0.25) is 15.9 Å². The zero-order chi connectivity index (χ0) is 15.6. The number of benzene rings is 1. The van der Waals surface area contributed by atoms with Gasteiger partial charge in [-0.3, -0.25) is 4.79 Å². The van der Waals surface area contributed by atoms with Crippen LogP contribution in [0.3, 0.4) is 0 Å². The summed E-state index contributed by atoms with van der Waals surface area (Å²) in [5.74, 6) is -0.684. The van der Waals surface area contributed by atoms with Crippen LogP contribution in [-0.4, -0.2) is 47.3 Å². The third-order valence-corrected chi connectivity index (χ3v) is 4.84. The van der Waals surface area contributed by atoms with Gasteiger partial charge in [-0.15, -0.1) is 0 Å². The molecule has 1 unspecified atom stereocenters. The lowest BCUT2D eigenvalue weighted by Crippen LogP contribution is -2.40. The molecular formula is C14H21N3O3S. The zero-order valence-electron chi connectivity index (χ0n) is 12.5. The monoisotopic (exact) mass is 311 g/mol. The molecule has 2 rings (SSSR count). The van der Waals surface area contributed by atoms with Crippen LogP contribution in [0, 0.1) is 5.92 Å². The lowest BCUT2D eigenvalue weighted by Gasteiger charge is -2.24. The molecule has 1 aromatic carbocycles. The first-order valence-electron chi connectivity index (χ1n) is 6.86. The molecule has 6 nitrogen and oxygen atoms in total. The van der Waals surface area contributed by atoms with E-state index in [4.69, 9.17) is 0 Å². The van der Waals surface area contributed by atoms with Crippen LogP contribution in [0.2, 0.25) is 0 Å². The summed E-state index contributed by atoms with van der Waals surface area (Å²) < 4.78 is 25.4. The average molecular weight is 311 g/mol. The van der Waals surface area contributed by atoms with Crippen LogP contribution in [0.4, 0.5) is 11.4 Å². The summed E-state index contributed by atoms with van der Waals surface area (Å²) in [6.45, 7) is 3.38. The Morgan fingerprint density at radius 2 is 1.90 bits per heavy atom. The summed E-state index contributed by atoms with van der Waals surface area (Å²) in [6, 6.07) is 7.57. The van der Waals surface area contributed by atoms with E-state index in [0.29, 0.717) is 6.54 Å².